The van der Waals surface area contributed by atoms with E-state index < -0.39 is 22.4 Å². The van der Waals surface area contributed by atoms with Gasteiger partial charge < -0.3 is 18.7 Å². The van der Waals surface area contributed by atoms with E-state index in [1.807, 2.05) is 0 Å². The van der Waals surface area contributed by atoms with Crippen LogP contribution in [0.2, 0.25) is 0 Å². The Morgan fingerprint density at radius 2 is 2.14 bits per heavy atom. The van der Waals surface area contributed by atoms with E-state index in [2.05, 4.69) is 14.9 Å². The number of hydrogen-bond acceptors (Lipinski definition) is 9. The molecule has 1 saturated heterocycles. The number of nitrogens with zero attached hydrogens (tertiary/aromatic N) is 2. The number of methoxy groups -OCH3 is 1. The number of halogens is 2. The van der Waals surface area contributed by atoms with E-state index in [1.165, 1.54) is 25.3 Å². The van der Waals surface area contributed by atoms with E-state index in [0.29, 0.717) is 12.0 Å². The highest BCUT2D eigenvalue weighted by Gasteiger charge is 2.30. The van der Waals surface area contributed by atoms with Crippen molar-refractivity contribution in [1.29, 1.82) is 0 Å². The molecule has 1 aliphatic heterocycles. The molecule has 0 amide bonds. The molecule has 1 aromatic heterocycles. The third-order valence-corrected chi connectivity index (χ3v) is 6.08. The van der Waals surface area contributed by atoms with Crippen LogP contribution in [-0.4, -0.2) is 49.8 Å². The molecule has 0 saturated carbocycles. The predicted molar refractivity (Wildman–Crippen MR) is 94.1 cm³/mol. The zero-order chi connectivity index (χ0) is 21.0. The first-order valence-electron chi connectivity index (χ1n) is 8.57. The maximum absolute atomic E-state index is 12.4. The molecule has 0 radical (unpaired) electrons. The number of sulfone groups is 1. The molecule has 1 atom stereocenters. The fourth-order valence-corrected chi connectivity index (χ4v) is 4.76. The van der Waals surface area contributed by atoms with Gasteiger partial charge in [-0.2, -0.15) is 13.8 Å². The van der Waals surface area contributed by atoms with Crippen LogP contribution in [0.25, 0.3) is 11.4 Å². The van der Waals surface area contributed by atoms with E-state index >= 15 is 0 Å². The third-order valence-electron chi connectivity index (χ3n) is 4.24. The van der Waals surface area contributed by atoms with Crippen molar-refractivity contribution in [2.75, 3.05) is 18.6 Å². The van der Waals surface area contributed by atoms with E-state index in [-0.39, 0.29) is 53.7 Å². The fourth-order valence-electron chi connectivity index (χ4n) is 2.90. The summed E-state index contributed by atoms with van der Waals surface area (Å²) < 4.78 is 67.1. The molecule has 12 heteroatoms. The van der Waals surface area contributed by atoms with E-state index in [9.17, 15) is 22.0 Å². The highest BCUT2D eigenvalue weighted by Crippen LogP contribution is 2.32. The van der Waals surface area contributed by atoms with Crippen molar-refractivity contribution >= 4 is 15.8 Å². The standard InChI is InChI=1S/C17H18F2N2O7S/c1-25-13-7-11(2-3-12(13)27-17(18)19)16-20-14(28-21-16)8-26-15(22)6-10-4-5-29(23,24)9-10/h2-3,7,10,17H,4-6,8-9H2,1H3. The first-order chi connectivity index (χ1) is 13.8. The van der Waals surface area contributed by atoms with Gasteiger partial charge in [-0.1, -0.05) is 5.16 Å². The number of aromatic nitrogens is 2. The average Bonchev–Trinajstić information content (AvgIpc) is 3.26. The van der Waals surface area contributed by atoms with Crippen molar-refractivity contribution in [2.24, 2.45) is 5.92 Å². The number of carbonyl (C=O) groups excluding carboxylic acids is 1. The number of benzene rings is 1. The van der Waals surface area contributed by atoms with Crippen molar-refractivity contribution in [3.8, 4) is 22.9 Å². The number of hydrogen-bond donors (Lipinski definition) is 0. The number of alkyl halides is 2. The SMILES string of the molecule is COc1cc(-c2noc(COC(=O)CC3CCS(=O)(=O)C3)n2)ccc1OC(F)F. The lowest BCUT2D eigenvalue weighted by atomic mass is 10.1. The second-order valence-corrected chi connectivity index (χ2v) is 8.62. The summed E-state index contributed by atoms with van der Waals surface area (Å²) in [7, 11) is -1.76. The lowest BCUT2D eigenvalue weighted by Crippen LogP contribution is -2.13. The molecule has 0 bridgehead atoms. The summed E-state index contributed by atoms with van der Waals surface area (Å²) in [6.07, 6.45) is 0.443. The molecule has 1 fully saturated rings. The summed E-state index contributed by atoms with van der Waals surface area (Å²) in [5, 5.41) is 3.75. The van der Waals surface area contributed by atoms with E-state index in [4.69, 9.17) is 14.0 Å². The topological polar surface area (TPSA) is 118 Å². The highest BCUT2D eigenvalue weighted by molar-refractivity contribution is 7.91. The van der Waals surface area contributed by atoms with Gasteiger partial charge in [0.05, 0.1) is 18.6 Å². The van der Waals surface area contributed by atoms with Crippen LogP contribution in [0.5, 0.6) is 11.5 Å². The smallest absolute Gasteiger partial charge is 0.387 e. The second kappa shape index (κ2) is 8.72. The molecule has 1 aromatic carbocycles. The van der Waals surface area contributed by atoms with Crippen LogP contribution >= 0.6 is 0 Å². The zero-order valence-corrected chi connectivity index (χ0v) is 16.2. The molecule has 2 heterocycles. The molecular weight excluding hydrogens is 414 g/mol. The Morgan fingerprint density at radius 3 is 2.79 bits per heavy atom. The highest BCUT2D eigenvalue weighted by atomic mass is 32.2. The Labute approximate surface area is 164 Å². The van der Waals surface area contributed by atoms with Gasteiger partial charge in [-0.25, -0.2) is 8.42 Å². The Balaban J connectivity index is 1.58. The lowest BCUT2D eigenvalue weighted by Gasteiger charge is -2.10. The molecule has 0 aliphatic carbocycles. The molecule has 158 valence electrons. The van der Waals surface area contributed by atoms with Crippen LogP contribution in [0, 0.1) is 5.92 Å². The fraction of sp³-hybridized carbons (Fsp3) is 0.471. The predicted octanol–water partition coefficient (Wildman–Crippen LogP) is 2.21. The van der Waals surface area contributed by atoms with Gasteiger partial charge in [0, 0.05) is 12.0 Å². The lowest BCUT2D eigenvalue weighted by molar-refractivity contribution is -0.146. The monoisotopic (exact) mass is 432 g/mol. The summed E-state index contributed by atoms with van der Waals surface area (Å²) in [6, 6.07) is 4.13. The number of ether oxygens (including phenoxy) is 3. The van der Waals surface area contributed by atoms with Crippen molar-refractivity contribution in [1.82, 2.24) is 10.1 Å². The van der Waals surface area contributed by atoms with Crippen molar-refractivity contribution in [2.45, 2.75) is 26.1 Å². The second-order valence-electron chi connectivity index (χ2n) is 6.39. The normalized spacial score (nSPS) is 18.0. The molecule has 1 aliphatic rings. The van der Waals surface area contributed by atoms with Gasteiger partial charge in [-0.05, 0) is 30.5 Å². The zero-order valence-electron chi connectivity index (χ0n) is 15.3. The van der Waals surface area contributed by atoms with Gasteiger partial charge in [-0.3, -0.25) is 4.79 Å². The Kier molecular flexibility index (Phi) is 6.30. The van der Waals surface area contributed by atoms with Crippen molar-refractivity contribution < 1.29 is 40.7 Å². The molecule has 2 aromatic rings. The maximum atomic E-state index is 12.4. The minimum Gasteiger partial charge on any atom is -0.493 e. The van der Waals surface area contributed by atoms with Crippen molar-refractivity contribution in [3.63, 3.8) is 0 Å². The van der Waals surface area contributed by atoms with Crippen LogP contribution in [0.15, 0.2) is 22.7 Å². The molecule has 29 heavy (non-hydrogen) atoms. The summed E-state index contributed by atoms with van der Waals surface area (Å²) >= 11 is 0. The van der Waals surface area contributed by atoms with Crippen LogP contribution in [-0.2, 0) is 26.0 Å². The van der Waals surface area contributed by atoms with E-state index in [1.54, 1.807) is 0 Å². The van der Waals surface area contributed by atoms with Crippen LogP contribution in [0.4, 0.5) is 8.78 Å². The Bertz CT molecular complexity index is 978. The van der Waals surface area contributed by atoms with Crippen LogP contribution < -0.4 is 9.47 Å². The summed E-state index contributed by atoms with van der Waals surface area (Å²) in [6.45, 7) is -3.26. The minimum atomic E-state index is -3.06. The van der Waals surface area contributed by atoms with Gasteiger partial charge in [0.2, 0.25) is 5.82 Å². The molecule has 0 N–H and O–H groups in total. The number of esters is 1. The van der Waals surface area contributed by atoms with Gasteiger partial charge in [0.15, 0.2) is 27.9 Å². The van der Waals surface area contributed by atoms with Gasteiger partial charge in [0.1, 0.15) is 0 Å². The quantitative estimate of drug-likeness (QED) is 0.579. The van der Waals surface area contributed by atoms with Gasteiger partial charge in [0.25, 0.3) is 5.89 Å². The first-order valence-corrected chi connectivity index (χ1v) is 10.4. The van der Waals surface area contributed by atoms with Crippen LogP contribution in [0.1, 0.15) is 18.7 Å². The summed E-state index contributed by atoms with van der Waals surface area (Å²) in [5.74, 6) is -0.638. The Hall–Kier alpha value is -2.76. The molecule has 3 rings (SSSR count). The molecule has 1 unspecified atom stereocenters. The Morgan fingerprint density at radius 1 is 1.34 bits per heavy atom. The van der Waals surface area contributed by atoms with E-state index in [0.717, 1.165) is 0 Å². The average molecular weight is 432 g/mol. The third kappa shape index (κ3) is 5.62. The molecule has 0 spiro atoms. The minimum absolute atomic E-state index is 0.00300. The van der Waals surface area contributed by atoms with Crippen LogP contribution in [0.3, 0.4) is 0 Å². The number of carbonyl (C=O) groups is 1. The van der Waals surface area contributed by atoms with Gasteiger partial charge >= 0.3 is 12.6 Å². The summed E-state index contributed by atoms with van der Waals surface area (Å²) in [5.41, 5.74) is 0.418. The largest absolute Gasteiger partial charge is 0.493 e. The maximum Gasteiger partial charge on any atom is 0.387 e. The van der Waals surface area contributed by atoms with Gasteiger partial charge in [-0.15, -0.1) is 0 Å². The molecule has 9 nitrogen and oxygen atoms in total. The molecular formula is C17H18F2N2O7S. The first kappa shape index (κ1) is 21.0. The van der Waals surface area contributed by atoms with Crippen molar-refractivity contribution in [3.05, 3.63) is 24.1 Å². The number of rotatable bonds is 8. The summed E-state index contributed by atoms with van der Waals surface area (Å²) in [4.78, 5) is 15.9.